The number of nitrogens with zero attached hydrogens (tertiary/aromatic N) is 3. The molecule has 2 N–H and O–H groups in total. The first kappa shape index (κ1) is 50.2. The highest BCUT2D eigenvalue weighted by Gasteiger charge is 2.76. The molecule has 3 atom stereocenters. The van der Waals surface area contributed by atoms with Crippen LogP contribution in [0.3, 0.4) is 0 Å². The molecule has 8 bridgehead atoms. The summed E-state index contributed by atoms with van der Waals surface area (Å²) in [6, 6.07) is 16.8. The number of allylic oxidation sites excluding steroid dienone is 2. The second-order valence-electron chi connectivity index (χ2n) is 38.0. The molecule has 1 saturated heterocycles. The number of likely N-dealkylation sites (tertiary alicyclic amines) is 1. The van der Waals surface area contributed by atoms with Crippen molar-refractivity contribution in [3.05, 3.63) is 126 Å². The standard InChI is InChI=1S/C103H45N5O3/c1-8-28-22(2)33-19-37-29(23(3)32(105-37)18-34-24(4)30(15-16-39(110)111-7)99(106-34)31-17-38(109)40-25(5)35(107-100(31)40)20-36(28)104-33)14-11-26-9-12-27(13-10-26)101-103-97-91-85-75-63-55-47-43-41-42-45-49(47)57(63)67-61-53(45)54-46(42)50-48-44(41)52-51(43)59-65(55)73-79-69(59)70-60(52)66-56(48)64-58(50)68-62(54)72-71(61)83(77(67)85)93(97)94-84(72)78(68)86-76(64)82-74(66)80(70)88-87(79)95(89(91)81(73)75)102(103,21-108(101)6)96(88)90(82)92(86)98(94)103/h9-14,18-20,24,30,101,105,107H,8,15-17,21H2,1-7H3/b14-11-,32-18?,33-19?,34-18?,35-20?,36-20?,37-19?,99-31?/t24-,30-,101?,102?,103?/m0/s1. The lowest BCUT2D eigenvalue weighted by Gasteiger charge is -2.52. The SMILES string of the molecule is CCC1=C(C)c2cc3[nH]c(cc4nc(c5c6[nH]c(cc1n2)c(C)c6C(=O)C5)[C@@H](CCC(=O)OC)[C@@H]4C)c(C)c3/C=C\c1ccc(C2N(C)CC34c5c6c7c8c9c%10c(c%11c%12c3c3c5c5c%13c6c6c7c7c9c9c%14c%10c%10c%11c%11c%12c%12c3c3c5c5c%13c%13c6c6c7c9c7c9c%14c%10c%10c%11c%11c%12c3c3c5c5c%13c6c7c6c9c%10c%11c3c56)C824)cc1. The molecular formula is C103H45N5O3. The van der Waals surface area contributed by atoms with Gasteiger partial charge in [0.15, 0.2) is 5.78 Å². The van der Waals surface area contributed by atoms with E-state index in [-0.39, 0.29) is 47.9 Å². The van der Waals surface area contributed by atoms with E-state index in [0.717, 1.165) is 91.2 Å². The lowest BCUT2D eigenvalue weighted by atomic mass is 9.47. The Bertz CT molecular complexity index is 10000. The van der Waals surface area contributed by atoms with Crippen LogP contribution in [0.1, 0.15) is 147 Å². The Balaban J connectivity index is 0.637. The van der Waals surface area contributed by atoms with Crippen LogP contribution < -0.4 is 0 Å². The highest BCUT2D eigenvalue weighted by molar-refractivity contribution is 6.82. The second-order valence-corrected chi connectivity index (χ2v) is 38.0. The maximum atomic E-state index is 14.2. The molecule has 1 unspecified atom stereocenters. The maximum Gasteiger partial charge on any atom is 0.305 e. The summed E-state index contributed by atoms with van der Waals surface area (Å²) in [4.78, 5) is 48.8. The number of benzene rings is 19. The number of carbonyl (C=O) groups excluding carboxylic acids is 2. The van der Waals surface area contributed by atoms with E-state index in [1.54, 1.807) is 313 Å². The molecule has 3 aromatic heterocycles. The Morgan fingerprint density at radius 1 is 0.495 bits per heavy atom. The van der Waals surface area contributed by atoms with Gasteiger partial charge in [-0.05, 0) is 405 Å². The van der Waals surface area contributed by atoms with Gasteiger partial charge in [0.05, 0.1) is 40.5 Å². The van der Waals surface area contributed by atoms with Gasteiger partial charge in [-0.1, -0.05) is 50.3 Å². The third-order valence-corrected chi connectivity index (χ3v) is 35.6. The number of Topliss-reactive ketones (excluding diaryl/α,β-unsaturated/α-hetero) is 1. The summed E-state index contributed by atoms with van der Waals surface area (Å²) in [6.07, 6.45) is 6.63. The molecule has 8 heteroatoms. The van der Waals surface area contributed by atoms with Crippen molar-refractivity contribution in [2.75, 3.05) is 20.7 Å². The molecule has 40 rings (SSSR count). The number of hydrogen-bond donors (Lipinski definition) is 2. The Morgan fingerprint density at radius 2 is 0.892 bits per heavy atom. The zero-order valence-corrected chi connectivity index (χ0v) is 60.5. The molecule has 111 heavy (non-hydrogen) atoms. The van der Waals surface area contributed by atoms with Gasteiger partial charge < -0.3 is 14.7 Å². The van der Waals surface area contributed by atoms with Gasteiger partial charge in [0, 0.05) is 76.2 Å². The minimum atomic E-state index is -0.454. The van der Waals surface area contributed by atoms with Crippen LogP contribution in [0.4, 0.5) is 0 Å². The van der Waals surface area contributed by atoms with Crippen molar-refractivity contribution in [3.8, 4) is 0 Å². The molecule has 500 valence electrons. The first-order chi connectivity index (χ1) is 54.5. The minimum absolute atomic E-state index is 0.0220. The molecular weight excluding hydrogens is 1360 g/mol. The normalized spacial score (nSPS) is 22.0. The van der Waals surface area contributed by atoms with E-state index in [4.69, 9.17) is 14.7 Å². The van der Waals surface area contributed by atoms with E-state index >= 15 is 0 Å². The molecule has 1 fully saturated rings. The fourth-order valence-electron chi connectivity index (χ4n) is 33.3. The number of nitrogens with one attached hydrogen (secondary N) is 2. The van der Waals surface area contributed by atoms with Crippen LogP contribution in [0.5, 0.6) is 0 Å². The number of H-pyrrole nitrogens is 2. The maximum absolute atomic E-state index is 14.2. The molecule has 0 radical (unpaired) electrons. The van der Waals surface area contributed by atoms with Crippen molar-refractivity contribution in [1.82, 2.24) is 24.8 Å². The summed E-state index contributed by atoms with van der Waals surface area (Å²) in [7, 11) is 4.04. The van der Waals surface area contributed by atoms with Gasteiger partial charge in [-0.15, -0.1) is 0 Å². The number of ether oxygens (including phenoxy) is 1. The Labute approximate surface area is 619 Å². The summed E-state index contributed by atoms with van der Waals surface area (Å²) >= 11 is 0. The average molecular weight is 1400 g/mol. The number of likely N-dealkylation sites (N-methyl/N-ethyl adjacent to an activating group) is 1. The van der Waals surface area contributed by atoms with Crippen molar-refractivity contribution >= 4 is 348 Å². The zero-order valence-electron chi connectivity index (χ0n) is 60.5. The molecule has 29 aromatic carbocycles. The summed E-state index contributed by atoms with van der Waals surface area (Å²) in [6.45, 7) is 11.9. The molecule has 0 amide bonds. The fraction of sp³-hybridized carbons (Fsp3) is 0.165. The van der Waals surface area contributed by atoms with Crippen LogP contribution in [0.2, 0.25) is 0 Å². The number of ketones is 1. The van der Waals surface area contributed by atoms with Gasteiger partial charge in [-0.25, -0.2) is 4.98 Å². The monoisotopic (exact) mass is 1400 g/mol. The van der Waals surface area contributed by atoms with Crippen LogP contribution in [-0.2, 0) is 26.8 Å². The van der Waals surface area contributed by atoms with Crippen LogP contribution in [0.25, 0.3) is 336 Å². The molecule has 6 heterocycles. The van der Waals surface area contributed by atoms with Crippen LogP contribution >= 0.6 is 0 Å². The number of aromatic nitrogens is 4. The van der Waals surface area contributed by atoms with E-state index < -0.39 is 5.41 Å². The molecule has 0 saturated carbocycles. The summed E-state index contributed by atoms with van der Waals surface area (Å²) in [5.41, 5.74) is 23.3. The highest BCUT2D eigenvalue weighted by atomic mass is 16.5. The number of aryl methyl sites for hydroxylation is 2. The van der Waals surface area contributed by atoms with E-state index in [1.807, 2.05) is 0 Å². The van der Waals surface area contributed by atoms with Crippen LogP contribution in [0.15, 0.2) is 42.5 Å². The van der Waals surface area contributed by atoms with Gasteiger partial charge >= 0.3 is 5.97 Å². The summed E-state index contributed by atoms with van der Waals surface area (Å²) in [5.74, 6) is -0.256. The number of hydrogen-bond acceptors (Lipinski definition) is 6. The first-order valence-electron chi connectivity index (χ1n) is 40.8. The highest BCUT2D eigenvalue weighted by Crippen LogP contribution is 2.87. The third-order valence-electron chi connectivity index (χ3n) is 35.6. The molecule has 8 nitrogen and oxygen atoms in total. The molecule has 5 aliphatic carbocycles. The predicted octanol–water partition coefficient (Wildman–Crippen LogP) is 25.3. The number of esters is 1. The van der Waals surface area contributed by atoms with Gasteiger partial charge in [0.2, 0.25) is 0 Å². The Kier molecular flexibility index (Phi) is 5.98. The first-order valence-corrected chi connectivity index (χ1v) is 40.8. The van der Waals surface area contributed by atoms with Crippen molar-refractivity contribution in [2.24, 2.45) is 0 Å². The van der Waals surface area contributed by atoms with Crippen molar-refractivity contribution in [2.45, 2.75) is 89.0 Å². The zero-order chi connectivity index (χ0) is 70.2. The van der Waals surface area contributed by atoms with Gasteiger partial charge in [0.1, 0.15) is 0 Å². The fourth-order valence-corrected chi connectivity index (χ4v) is 33.3. The second kappa shape index (κ2) is 13.2. The molecule has 8 aliphatic rings. The Hall–Kier alpha value is -12.6. The van der Waals surface area contributed by atoms with E-state index in [9.17, 15) is 9.59 Å². The van der Waals surface area contributed by atoms with Crippen LogP contribution in [0, 0.1) is 13.8 Å². The average Bonchev–Trinajstić information content (AvgIpc) is 1.38. The number of carbonyl (C=O) groups is 2. The number of aromatic amines is 2. The van der Waals surface area contributed by atoms with E-state index in [0.29, 0.717) is 6.42 Å². The predicted molar refractivity (Wildman–Crippen MR) is 458 cm³/mol. The van der Waals surface area contributed by atoms with Crippen molar-refractivity contribution in [1.29, 1.82) is 0 Å². The number of methoxy groups -OCH3 is 1. The molecule has 3 aliphatic heterocycles. The topological polar surface area (TPSA) is 104 Å². The Morgan fingerprint density at radius 3 is 1.31 bits per heavy atom. The smallest absolute Gasteiger partial charge is 0.305 e. The van der Waals surface area contributed by atoms with E-state index in [2.05, 4.69) is 111 Å². The van der Waals surface area contributed by atoms with Crippen molar-refractivity contribution < 1.29 is 14.3 Å². The lowest BCUT2D eigenvalue weighted by Crippen LogP contribution is -2.51. The molecule has 2 spiro atoms. The van der Waals surface area contributed by atoms with Gasteiger partial charge in [-0.3, -0.25) is 19.5 Å². The quantitative estimate of drug-likeness (QED) is 0.122. The van der Waals surface area contributed by atoms with Gasteiger partial charge in [0.25, 0.3) is 0 Å². The van der Waals surface area contributed by atoms with E-state index in [1.165, 1.54) is 23.8 Å². The van der Waals surface area contributed by atoms with Crippen LogP contribution in [-0.4, -0.2) is 57.3 Å². The molecule has 32 aromatic rings. The third kappa shape index (κ3) is 3.61. The summed E-state index contributed by atoms with van der Waals surface area (Å²) < 4.78 is 5.23. The number of rotatable bonds is 7. The number of fused-ring (bicyclic) bond motifs is 8. The van der Waals surface area contributed by atoms with Crippen molar-refractivity contribution in [3.63, 3.8) is 0 Å². The largest absolute Gasteiger partial charge is 0.469 e. The summed E-state index contributed by atoms with van der Waals surface area (Å²) in [5, 5.41) is 88.4. The van der Waals surface area contributed by atoms with Gasteiger partial charge in [-0.2, -0.15) is 0 Å². The lowest BCUT2D eigenvalue weighted by molar-refractivity contribution is -0.140. The minimum Gasteiger partial charge on any atom is -0.469 e.